The van der Waals surface area contributed by atoms with Crippen molar-refractivity contribution in [2.45, 2.75) is 0 Å². The van der Waals surface area contributed by atoms with Crippen LogP contribution in [-0.2, 0) is 0 Å². The molecule has 1 amide bonds. The minimum atomic E-state index is -0.491. The van der Waals surface area contributed by atoms with Gasteiger partial charge in [0.2, 0.25) is 5.82 Å². The van der Waals surface area contributed by atoms with E-state index < -0.39 is 4.92 Å². The fraction of sp³-hybridized carbons (Fsp3) is 0.211. The molecule has 1 fully saturated rings. The molecule has 0 radical (unpaired) electrons. The third-order valence-corrected chi connectivity index (χ3v) is 4.90. The first kappa shape index (κ1) is 18.9. The number of aromatic nitrogens is 2. The lowest BCUT2D eigenvalue weighted by molar-refractivity contribution is -0.384. The van der Waals surface area contributed by atoms with E-state index in [9.17, 15) is 14.9 Å². The minimum absolute atomic E-state index is 0.0433. The highest BCUT2D eigenvalue weighted by atomic mass is 35.5. The average Bonchev–Trinajstić information content (AvgIpc) is 3.24. The van der Waals surface area contributed by atoms with Crippen LogP contribution in [0.2, 0.25) is 5.02 Å². The van der Waals surface area contributed by atoms with Crippen LogP contribution < -0.4 is 4.90 Å². The summed E-state index contributed by atoms with van der Waals surface area (Å²) < 4.78 is 5.37. The molecule has 0 N–H and O–H groups in total. The van der Waals surface area contributed by atoms with E-state index in [1.54, 1.807) is 17.0 Å². The molecule has 0 unspecified atom stereocenters. The number of nitro groups is 1. The van der Waals surface area contributed by atoms with Gasteiger partial charge in [0.05, 0.1) is 4.92 Å². The van der Waals surface area contributed by atoms with Gasteiger partial charge < -0.3 is 14.3 Å². The van der Waals surface area contributed by atoms with E-state index in [1.165, 1.54) is 24.3 Å². The monoisotopic (exact) mass is 413 g/mol. The molecular formula is C19H16ClN5O4. The number of carbonyl (C=O) groups is 1. The molecule has 0 saturated carbocycles. The number of nitro benzene ring substituents is 1. The summed E-state index contributed by atoms with van der Waals surface area (Å²) in [7, 11) is 0. The number of amides is 1. The summed E-state index contributed by atoms with van der Waals surface area (Å²) in [6.45, 7) is 2.03. The Balaban J connectivity index is 1.39. The Bertz CT molecular complexity index is 1040. The molecule has 29 heavy (non-hydrogen) atoms. The zero-order chi connectivity index (χ0) is 20.4. The van der Waals surface area contributed by atoms with E-state index in [0.717, 1.165) is 5.56 Å². The van der Waals surface area contributed by atoms with Crippen LogP contribution in [0.25, 0.3) is 11.4 Å². The second kappa shape index (κ2) is 7.88. The van der Waals surface area contributed by atoms with Gasteiger partial charge in [0.25, 0.3) is 11.6 Å². The van der Waals surface area contributed by atoms with Crippen molar-refractivity contribution in [1.82, 2.24) is 15.0 Å². The van der Waals surface area contributed by atoms with E-state index >= 15 is 0 Å². The molecule has 0 atom stereocenters. The van der Waals surface area contributed by atoms with Crippen molar-refractivity contribution in [2.24, 2.45) is 0 Å². The molecule has 148 valence electrons. The molecule has 4 rings (SSSR count). The molecule has 10 heteroatoms. The Labute approximate surface area is 170 Å². The number of hydrogen-bond donors (Lipinski definition) is 0. The predicted octanol–water partition coefficient (Wildman–Crippen LogP) is 3.26. The van der Waals surface area contributed by atoms with Crippen LogP contribution in [0.4, 0.5) is 11.7 Å². The summed E-state index contributed by atoms with van der Waals surface area (Å²) in [5, 5.41) is 15.3. The van der Waals surface area contributed by atoms with Gasteiger partial charge in [0, 0.05) is 54.5 Å². The summed E-state index contributed by atoms with van der Waals surface area (Å²) in [6, 6.07) is 13.2. The van der Waals surface area contributed by atoms with E-state index in [0.29, 0.717) is 48.6 Å². The molecule has 1 aliphatic heterocycles. The molecular weight excluding hydrogens is 398 g/mol. The number of carbonyl (C=O) groups excluding carboxylic acids is 1. The summed E-state index contributed by atoms with van der Waals surface area (Å²) in [6.07, 6.45) is 0. The smallest absolute Gasteiger partial charge is 0.324 e. The first-order valence-electron chi connectivity index (χ1n) is 8.89. The fourth-order valence-corrected chi connectivity index (χ4v) is 3.29. The summed E-state index contributed by atoms with van der Waals surface area (Å²) in [5.74, 6) is 0.288. The Morgan fingerprint density at radius 2 is 1.83 bits per heavy atom. The van der Waals surface area contributed by atoms with Crippen molar-refractivity contribution in [2.75, 3.05) is 31.1 Å². The van der Waals surface area contributed by atoms with Gasteiger partial charge in [-0.2, -0.15) is 4.98 Å². The first-order valence-corrected chi connectivity index (χ1v) is 9.27. The zero-order valence-corrected chi connectivity index (χ0v) is 16.0. The number of non-ortho nitro benzene ring substituents is 1. The van der Waals surface area contributed by atoms with Gasteiger partial charge in [-0.3, -0.25) is 14.9 Å². The maximum atomic E-state index is 12.6. The van der Waals surface area contributed by atoms with Crippen molar-refractivity contribution in [1.29, 1.82) is 0 Å². The molecule has 0 bridgehead atoms. The second-order valence-corrected chi connectivity index (χ2v) is 6.93. The normalized spacial score (nSPS) is 14.1. The molecule has 1 aliphatic rings. The van der Waals surface area contributed by atoms with Gasteiger partial charge in [-0.15, -0.1) is 0 Å². The van der Waals surface area contributed by atoms with E-state index in [-0.39, 0.29) is 11.6 Å². The number of halogens is 1. The Morgan fingerprint density at radius 3 is 2.48 bits per heavy atom. The maximum Gasteiger partial charge on any atom is 0.324 e. The van der Waals surface area contributed by atoms with Crippen LogP contribution in [0.3, 0.4) is 0 Å². The van der Waals surface area contributed by atoms with Crippen LogP contribution in [0.15, 0.2) is 53.1 Å². The Kier molecular flexibility index (Phi) is 5.13. The first-order chi connectivity index (χ1) is 14.0. The predicted molar refractivity (Wildman–Crippen MR) is 106 cm³/mol. The number of hydrogen-bond acceptors (Lipinski definition) is 7. The summed E-state index contributed by atoms with van der Waals surface area (Å²) in [4.78, 5) is 30.9. The van der Waals surface area contributed by atoms with Gasteiger partial charge in [-0.1, -0.05) is 28.9 Å². The molecule has 0 aliphatic carbocycles. The van der Waals surface area contributed by atoms with Crippen LogP contribution in [0, 0.1) is 10.1 Å². The molecule has 1 aromatic heterocycles. The SMILES string of the molecule is O=C(c1ccc([N+](=O)[O-])cc1)N1CCN(c2nc(-c3cccc(Cl)c3)no2)CC1. The highest BCUT2D eigenvalue weighted by Crippen LogP contribution is 2.23. The standard InChI is InChI=1S/C19H16ClN5O4/c20-15-3-1-2-14(12-15)17-21-19(29-22-17)24-10-8-23(9-11-24)18(26)13-4-6-16(7-5-13)25(27)28/h1-7,12H,8-11H2. The highest BCUT2D eigenvalue weighted by molar-refractivity contribution is 6.30. The number of rotatable bonds is 4. The van der Waals surface area contributed by atoms with Crippen LogP contribution in [0.1, 0.15) is 10.4 Å². The lowest BCUT2D eigenvalue weighted by Gasteiger charge is -2.33. The Morgan fingerprint density at radius 1 is 1.10 bits per heavy atom. The Hall–Kier alpha value is -3.46. The molecule has 2 heterocycles. The fourth-order valence-electron chi connectivity index (χ4n) is 3.10. The van der Waals surface area contributed by atoms with Crippen molar-refractivity contribution in [3.05, 3.63) is 69.2 Å². The number of nitrogens with zero attached hydrogens (tertiary/aromatic N) is 5. The molecule has 0 spiro atoms. The van der Waals surface area contributed by atoms with Gasteiger partial charge in [0.1, 0.15) is 0 Å². The molecule has 9 nitrogen and oxygen atoms in total. The van der Waals surface area contributed by atoms with Gasteiger partial charge in [-0.05, 0) is 24.3 Å². The van der Waals surface area contributed by atoms with E-state index in [1.807, 2.05) is 17.0 Å². The van der Waals surface area contributed by atoms with E-state index in [2.05, 4.69) is 10.1 Å². The van der Waals surface area contributed by atoms with Crippen molar-refractivity contribution >= 4 is 29.2 Å². The summed E-state index contributed by atoms with van der Waals surface area (Å²) >= 11 is 6.00. The highest BCUT2D eigenvalue weighted by Gasteiger charge is 2.25. The third kappa shape index (κ3) is 4.04. The van der Waals surface area contributed by atoms with Crippen molar-refractivity contribution in [3.63, 3.8) is 0 Å². The average molecular weight is 414 g/mol. The number of piperazine rings is 1. The van der Waals surface area contributed by atoms with Crippen LogP contribution in [-0.4, -0.2) is 52.1 Å². The van der Waals surface area contributed by atoms with E-state index in [4.69, 9.17) is 16.1 Å². The van der Waals surface area contributed by atoms with Crippen LogP contribution >= 0.6 is 11.6 Å². The number of anilines is 1. The quantitative estimate of drug-likeness (QED) is 0.477. The van der Waals surface area contributed by atoms with Gasteiger partial charge in [0.15, 0.2) is 0 Å². The van der Waals surface area contributed by atoms with Crippen molar-refractivity contribution in [3.8, 4) is 11.4 Å². The second-order valence-electron chi connectivity index (χ2n) is 6.49. The molecule has 2 aromatic carbocycles. The van der Waals surface area contributed by atoms with Crippen LogP contribution in [0.5, 0.6) is 0 Å². The lowest BCUT2D eigenvalue weighted by Crippen LogP contribution is -2.48. The van der Waals surface area contributed by atoms with Gasteiger partial charge in [-0.25, -0.2) is 0 Å². The zero-order valence-electron chi connectivity index (χ0n) is 15.2. The van der Waals surface area contributed by atoms with Crippen molar-refractivity contribution < 1.29 is 14.2 Å². The maximum absolute atomic E-state index is 12.6. The topological polar surface area (TPSA) is 106 Å². The molecule has 1 saturated heterocycles. The van der Waals surface area contributed by atoms with Gasteiger partial charge >= 0.3 is 6.01 Å². The third-order valence-electron chi connectivity index (χ3n) is 4.66. The minimum Gasteiger partial charge on any atom is -0.335 e. The molecule has 3 aromatic rings. The number of benzene rings is 2. The largest absolute Gasteiger partial charge is 0.335 e. The lowest BCUT2D eigenvalue weighted by atomic mass is 10.1. The summed E-state index contributed by atoms with van der Waals surface area (Å²) in [5.41, 5.74) is 1.14.